The molecule has 0 spiro atoms. The predicted octanol–water partition coefficient (Wildman–Crippen LogP) is 4.60. The topological polar surface area (TPSA) is 75.2 Å². The average Bonchev–Trinajstić information content (AvgIpc) is 3.48. The normalized spacial score (nSPS) is 14.9. The maximum atomic E-state index is 13.6. The molecule has 3 aromatic rings. The molecule has 1 heterocycles. The predicted molar refractivity (Wildman–Crippen MR) is 122 cm³/mol. The maximum absolute atomic E-state index is 13.6. The number of benzene rings is 2. The Morgan fingerprint density at radius 3 is 2.45 bits per heavy atom. The highest BCUT2D eigenvalue weighted by Gasteiger charge is 2.35. The molecule has 1 aliphatic rings. The van der Waals surface area contributed by atoms with E-state index in [0.717, 1.165) is 53.9 Å². The molecule has 4 rings (SSSR count). The van der Waals surface area contributed by atoms with Crippen LogP contribution in [-0.2, 0) is 4.79 Å². The number of aromatic nitrogens is 2. The Morgan fingerprint density at radius 2 is 1.81 bits per heavy atom. The van der Waals surface area contributed by atoms with Gasteiger partial charge in [0.1, 0.15) is 6.04 Å². The standard InChI is InChI=1S/C24H26N4O2S/c1-16-12-13-20(14-17(16)2)28(24(30)21-15-31-27-26-21)22(18-8-4-3-5-9-18)23(29)25-19-10-6-7-11-19/h3-5,8-9,12-15,19,22H,6-7,10-11H2,1-2H3,(H,25,29)/t22-/m0/s1. The van der Waals surface area contributed by atoms with Crippen molar-refractivity contribution in [2.24, 2.45) is 0 Å². The lowest BCUT2D eigenvalue weighted by Crippen LogP contribution is -2.46. The molecule has 2 amide bonds. The SMILES string of the molecule is Cc1ccc(N(C(=O)c2csnn2)[C@H](C(=O)NC2CCCC2)c2ccccc2)cc1C. The Kier molecular flexibility index (Phi) is 6.42. The second kappa shape index (κ2) is 9.39. The molecule has 1 aromatic heterocycles. The van der Waals surface area contributed by atoms with Gasteiger partial charge in [-0.2, -0.15) is 0 Å². The van der Waals surface area contributed by atoms with Gasteiger partial charge in [0, 0.05) is 17.1 Å². The van der Waals surface area contributed by atoms with Gasteiger partial charge >= 0.3 is 0 Å². The van der Waals surface area contributed by atoms with Crippen molar-refractivity contribution < 1.29 is 9.59 Å². The van der Waals surface area contributed by atoms with E-state index in [4.69, 9.17) is 0 Å². The first-order chi connectivity index (χ1) is 15.0. The number of carbonyl (C=O) groups is 2. The first-order valence-electron chi connectivity index (χ1n) is 10.6. The Bertz CT molecular complexity index is 1050. The zero-order chi connectivity index (χ0) is 21.8. The molecule has 31 heavy (non-hydrogen) atoms. The van der Waals surface area contributed by atoms with Crippen molar-refractivity contribution in [3.05, 3.63) is 76.3 Å². The lowest BCUT2D eigenvalue weighted by molar-refractivity contribution is -0.123. The quantitative estimate of drug-likeness (QED) is 0.615. The van der Waals surface area contributed by atoms with Crippen molar-refractivity contribution in [1.29, 1.82) is 0 Å². The summed E-state index contributed by atoms with van der Waals surface area (Å²) in [6.07, 6.45) is 4.18. The molecule has 0 saturated heterocycles. The Balaban J connectivity index is 1.81. The van der Waals surface area contributed by atoms with Crippen molar-refractivity contribution in [1.82, 2.24) is 14.9 Å². The monoisotopic (exact) mass is 434 g/mol. The summed E-state index contributed by atoms with van der Waals surface area (Å²) in [5, 5.41) is 8.79. The van der Waals surface area contributed by atoms with Crippen LogP contribution >= 0.6 is 11.5 Å². The number of anilines is 1. The Hall–Kier alpha value is -3.06. The van der Waals surface area contributed by atoms with Crippen LogP contribution in [0, 0.1) is 13.8 Å². The molecule has 1 aliphatic carbocycles. The average molecular weight is 435 g/mol. The van der Waals surface area contributed by atoms with Crippen LogP contribution in [0.25, 0.3) is 0 Å². The highest BCUT2D eigenvalue weighted by Crippen LogP contribution is 2.31. The van der Waals surface area contributed by atoms with E-state index in [2.05, 4.69) is 14.9 Å². The van der Waals surface area contributed by atoms with E-state index < -0.39 is 6.04 Å². The number of nitrogens with one attached hydrogen (secondary N) is 1. The molecule has 160 valence electrons. The fraction of sp³-hybridized carbons (Fsp3) is 0.333. The molecule has 1 N–H and O–H groups in total. The van der Waals surface area contributed by atoms with Crippen LogP contribution in [0.3, 0.4) is 0 Å². The third-order valence-corrected chi connectivity index (χ3v) is 6.39. The number of hydrogen-bond donors (Lipinski definition) is 1. The summed E-state index contributed by atoms with van der Waals surface area (Å²) >= 11 is 1.12. The van der Waals surface area contributed by atoms with Gasteiger partial charge in [-0.05, 0) is 67.0 Å². The molecule has 7 heteroatoms. The Morgan fingerprint density at radius 1 is 1.06 bits per heavy atom. The van der Waals surface area contributed by atoms with Crippen LogP contribution in [0.5, 0.6) is 0 Å². The van der Waals surface area contributed by atoms with E-state index in [0.29, 0.717) is 5.69 Å². The van der Waals surface area contributed by atoms with Gasteiger partial charge in [-0.1, -0.05) is 53.7 Å². The minimum absolute atomic E-state index is 0.149. The Labute approximate surface area is 186 Å². The highest BCUT2D eigenvalue weighted by molar-refractivity contribution is 7.03. The fourth-order valence-corrected chi connectivity index (χ4v) is 4.47. The summed E-state index contributed by atoms with van der Waals surface area (Å²) < 4.78 is 3.85. The fourth-order valence-electron chi connectivity index (χ4n) is 4.04. The molecule has 2 aromatic carbocycles. The number of rotatable bonds is 6. The third-order valence-electron chi connectivity index (χ3n) is 5.89. The van der Waals surface area contributed by atoms with Crippen molar-refractivity contribution >= 4 is 29.0 Å². The second-order valence-corrected chi connectivity index (χ2v) is 8.65. The number of aryl methyl sites for hydroxylation is 2. The van der Waals surface area contributed by atoms with E-state index in [1.807, 2.05) is 62.4 Å². The van der Waals surface area contributed by atoms with Gasteiger partial charge in [0.15, 0.2) is 5.69 Å². The van der Waals surface area contributed by atoms with Gasteiger partial charge in [-0.3, -0.25) is 14.5 Å². The number of nitrogens with zero attached hydrogens (tertiary/aromatic N) is 3. The summed E-state index contributed by atoms with van der Waals surface area (Å²) in [4.78, 5) is 28.8. The van der Waals surface area contributed by atoms with Gasteiger partial charge < -0.3 is 5.32 Å². The summed E-state index contributed by atoms with van der Waals surface area (Å²) in [5.74, 6) is -0.514. The molecule has 0 aliphatic heterocycles. The lowest BCUT2D eigenvalue weighted by Gasteiger charge is -2.32. The lowest BCUT2D eigenvalue weighted by atomic mass is 10.0. The van der Waals surface area contributed by atoms with Gasteiger partial charge in [-0.25, -0.2) is 0 Å². The minimum Gasteiger partial charge on any atom is -0.351 e. The van der Waals surface area contributed by atoms with E-state index >= 15 is 0 Å². The molecule has 1 saturated carbocycles. The largest absolute Gasteiger partial charge is 0.351 e. The number of carbonyl (C=O) groups excluding carboxylic acids is 2. The van der Waals surface area contributed by atoms with Crippen molar-refractivity contribution in [2.45, 2.75) is 51.6 Å². The smallest absolute Gasteiger partial charge is 0.280 e. The molecular weight excluding hydrogens is 408 g/mol. The zero-order valence-corrected chi connectivity index (χ0v) is 18.6. The molecule has 1 atom stereocenters. The van der Waals surface area contributed by atoms with E-state index in [9.17, 15) is 9.59 Å². The van der Waals surface area contributed by atoms with Gasteiger partial charge in [0.25, 0.3) is 5.91 Å². The maximum Gasteiger partial charge on any atom is 0.280 e. The molecule has 1 fully saturated rings. The summed E-state index contributed by atoms with van der Waals surface area (Å²) in [5.41, 5.74) is 3.83. The summed E-state index contributed by atoms with van der Waals surface area (Å²) in [7, 11) is 0. The first-order valence-corrected chi connectivity index (χ1v) is 11.4. The van der Waals surface area contributed by atoms with E-state index in [-0.39, 0.29) is 23.6 Å². The summed E-state index contributed by atoms with van der Waals surface area (Å²) in [6.45, 7) is 4.03. The first kappa shape index (κ1) is 21.2. The highest BCUT2D eigenvalue weighted by atomic mass is 32.1. The summed E-state index contributed by atoms with van der Waals surface area (Å²) in [6, 6.07) is 14.6. The molecule has 0 radical (unpaired) electrons. The van der Waals surface area contributed by atoms with E-state index in [1.165, 1.54) is 0 Å². The number of amides is 2. The van der Waals surface area contributed by atoms with Crippen LogP contribution < -0.4 is 10.2 Å². The molecule has 0 unspecified atom stereocenters. The van der Waals surface area contributed by atoms with E-state index in [1.54, 1.807) is 10.3 Å². The number of hydrogen-bond acceptors (Lipinski definition) is 5. The van der Waals surface area contributed by atoms with Crippen LogP contribution in [0.2, 0.25) is 0 Å². The van der Waals surface area contributed by atoms with Crippen molar-refractivity contribution in [3.63, 3.8) is 0 Å². The van der Waals surface area contributed by atoms with Crippen molar-refractivity contribution in [2.75, 3.05) is 4.90 Å². The van der Waals surface area contributed by atoms with Gasteiger partial charge in [-0.15, -0.1) is 5.10 Å². The zero-order valence-electron chi connectivity index (χ0n) is 17.7. The molecule has 6 nitrogen and oxygen atoms in total. The molecular formula is C24H26N4O2S. The van der Waals surface area contributed by atoms with Gasteiger partial charge in [0.05, 0.1) is 0 Å². The van der Waals surface area contributed by atoms with Gasteiger partial charge in [0.2, 0.25) is 5.91 Å². The van der Waals surface area contributed by atoms with Crippen LogP contribution in [0.15, 0.2) is 53.9 Å². The van der Waals surface area contributed by atoms with Crippen LogP contribution in [0.4, 0.5) is 5.69 Å². The van der Waals surface area contributed by atoms with Crippen molar-refractivity contribution in [3.8, 4) is 0 Å². The second-order valence-electron chi connectivity index (χ2n) is 8.04. The van der Waals surface area contributed by atoms with Crippen LogP contribution in [-0.4, -0.2) is 27.4 Å². The molecule has 0 bridgehead atoms. The third kappa shape index (κ3) is 4.66. The minimum atomic E-state index is -0.807. The van der Waals surface area contributed by atoms with Crippen LogP contribution in [0.1, 0.15) is 58.9 Å².